The molecule has 11 heavy (non-hydrogen) atoms. The first-order valence-electron chi connectivity index (χ1n) is 2.89. The monoisotopic (exact) mass is 153 g/mol. The molecule has 0 spiro atoms. The van der Waals surface area contributed by atoms with Crippen LogP contribution in [0.15, 0.2) is 22.0 Å². The number of hydrogen-bond acceptors (Lipinski definition) is 4. The van der Waals surface area contributed by atoms with Gasteiger partial charge in [-0.05, 0) is 0 Å². The van der Waals surface area contributed by atoms with E-state index in [2.05, 4.69) is 10.2 Å². The van der Waals surface area contributed by atoms with E-state index in [4.69, 9.17) is 11.3 Å². The third kappa shape index (κ3) is 1.60. The lowest BCUT2D eigenvalue weighted by Gasteiger charge is -2.12. The van der Waals surface area contributed by atoms with Crippen molar-refractivity contribution in [3.8, 4) is 0 Å². The van der Waals surface area contributed by atoms with Crippen molar-refractivity contribution >= 4 is 12.1 Å². The number of nitrogens with two attached hydrogens (primary N) is 1. The van der Waals surface area contributed by atoms with E-state index in [1.54, 1.807) is 0 Å². The molecule has 3 N–H and O–H groups in total. The number of amides is 1. The van der Waals surface area contributed by atoms with Gasteiger partial charge in [-0.3, -0.25) is 9.79 Å². The largest absolute Gasteiger partial charge is 0.366 e. The minimum absolute atomic E-state index is 0.257. The van der Waals surface area contributed by atoms with Gasteiger partial charge in [-0.15, -0.1) is 0 Å². The summed E-state index contributed by atoms with van der Waals surface area (Å²) in [6.45, 7) is 0.264. The number of nitrogens with one attached hydrogen (secondary N) is 1. The highest BCUT2D eigenvalue weighted by Crippen LogP contribution is 2.01. The Bertz CT molecular complexity index is 243. The fourth-order valence-electron chi connectivity index (χ4n) is 0.645. The molecule has 0 atom stereocenters. The second-order valence-electron chi connectivity index (χ2n) is 1.94. The number of carbonyl (C=O) groups is 1. The smallest absolute Gasteiger partial charge is 0.251 e. The lowest BCUT2D eigenvalue weighted by molar-refractivity contribution is -0.114. The van der Waals surface area contributed by atoms with Crippen LogP contribution in [0.5, 0.6) is 0 Å². The summed E-state index contributed by atoms with van der Waals surface area (Å²) in [7, 11) is 0. The second-order valence-corrected chi connectivity index (χ2v) is 1.94. The SMILES string of the molecule is N=NN1C=C(C(N)=O)C=NC1. The number of rotatable bonds is 2. The van der Waals surface area contributed by atoms with Crippen molar-refractivity contribution in [3.05, 3.63) is 11.8 Å². The first-order valence-corrected chi connectivity index (χ1v) is 2.89. The summed E-state index contributed by atoms with van der Waals surface area (Å²) in [4.78, 5) is 14.3. The minimum atomic E-state index is -0.567. The van der Waals surface area contributed by atoms with Gasteiger partial charge in [0.2, 0.25) is 0 Å². The van der Waals surface area contributed by atoms with E-state index in [-0.39, 0.29) is 12.2 Å². The quantitative estimate of drug-likeness (QED) is 0.530. The summed E-state index contributed by atoms with van der Waals surface area (Å²) < 4.78 is 0. The third-order valence-corrected chi connectivity index (χ3v) is 1.16. The number of nitrogens with zero attached hydrogens (tertiary/aromatic N) is 3. The Labute approximate surface area is 62.9 Å². The predicted octanol–water partition coefficient (Wildman–Crippen LogP) is -0.355. The van der Waals surface area contributed by atoms with Gasteiger partial charge < -0.3 is 5.73 Å². The van der Waals surface area contributed by atoms with E-state index in [9.17, 15) is 4.79 Å². The number of hydrogen-bond donors (Lipinski definition) is 2. The molecule has 0 unspecified atom stereocenters. The third-order valence-electron chi connectivity index (χ3n) is 1.16. The van der Waals surface area contributed by atoms with Crippen LogP contribution in [0, 0.1) is 5.53 Å². The molecule has 0 fully saturated rings. The summed E-state index contributed by atoms with van der Waals surface area (Å²) >= 11 is 0. The maximum Gasteiger partial charge on any atom is 0.251 e. The molecule has 6 heteroatoms. The van der Waals surface area contributed by atoms with Gasteiger partial charge in [-0.2, -0.15) is 5.53 Å². The average Bonchev–Trinajstić information content (AvgIpc) is 2.05. The van der Waals surface area contributed by atoms with Crippen LogP contribution in [0.25, 0.3) is 0 Å². The summed E-state index contributed by atoms with van der Waals surface area (Å²) in [6.07, 6.45) is 2.74. The van der Waals surface area contributed by atoms with Crippen molar-refractivity contribution in [1.82, 2.24) is 5.01 Å². The van der Waals surface area contributed by atoms with Crippen molar-refractivity contribution < 1.29 is 4.79 Å². The standard InChI is InChI=1S/C5H7N5O/c6-5(11)4-1-8-3-10(2-4)9-7/h1-2,7H,3H2,(H2,6,11). The highest BCUT2D eigenvalue weighted by molar-refractivity contribution is 6.11. The van der Waals surface area contributed by atoms with E-state index in [0.717, 1.165) is 0 Å². The molecule has 58 valence electrons. The van der Waals surface area contributed by atoms with Crippen molar-refractivity contribution in [3.63, 3.8) is 0 Å². The molecule has 0 saturated carbocycles. The van der Waals surface area contributed by atoms with E-state index in [1.165, 1.54) is 17.4 Å². The molecule has 0 aromatic carbocycles. The molecule has 0 aliphatic carbocycles. The van der Waals surface area contributed by atoms with Crippen molar-refractivity contribution in [2.75, 3.05) is 6.67 Å². The summed E-state index contributed by atoms with van der Waals surface area (Å²) in [6, 6.07) is 0. The van der Waals surface area contributed by atoms with Crippen molar-refractivity contribution in [1.29, 1.82) is 5.53 Å². The molecule has 0 aromatic rings. The highest BCUT2D eigenvalue weighted by Gasteiger charge is 2.08. The number of aliphatic imine (C=N–C) groups is 1. The molecule has 0 bridgehead atoms. The molecule has 1 rings (SSSR count). The first-order chi connectivity index (χ1) is 5.24. The topological polar surface area (TPSA) is 94.9 Å². The Morgan fingerprint density at radius 2 is 2.64 bits per heavy atom. The number of carbonyl (C=O) groups excluding carboxylic acids is 1. The van der Waals surface area contributed by atoms with Gasteiger partial charge in [-0.25, -0.2) is 5.01 Å². The molecule has 0 aromatic heterocycles. The van der Waals surface area contributed by atoms with Crippen molar-refractivity contribution in [2.24, 2.45) is 15.9 Å². The van der Waals surface area contributed by atoms with Crippen LogP contribution in [0.1, 0.15) is 0 Å². The minimum Gasteiger partial charge on any atom is -0.366 e. The summed E-state index contributed by atoms with van der Waals surface area (Å²) in [5, 5.41) is 4.27. The molecule has 6 nitrogen and oxygen atoms in total. The highest BCUT2D eigenvalue weighted by atomic mass is 16.1. The van der Waals surface area contributed by atoms with E-state index < -0.39 is 5.91 Å². The van der Waals surface area contributed by atoms with Gasteiger partial charge in [0.15, 0.2) is 0 Å². The van der Waals surface area contributed by atoms with Gasteiger partial charge >= 0.3 is 0 Å². The fraction of sp³-hybridized carbons (Fsp3) is 0.200. The lowest BCUT2D eigenvalue weighted by atomic mass is 10.3. The summed E-state index contributed by atoms with van der Waals surface area (Å²) in [5.74, 6) is -0.567. The molecule has 0 radical (unpaired) electrons. The van der Waals surface area contributed by atoms with Crippen LogP contribution in [-0.4, -0.2) is 23.8 Å². The molecule has 1 amide bonds. The maximum absolute atomic E-state index is 10.5. The molecular formula is C5H7N5O. The summed E-state index contributed by atoms with van der Waals surface area (Å²) in [5.41, 5.74) is 11.8. The van der Waals surface area contributed by atoms with Crippen LogP contribution in [0.2, 0.25) is 0 Å². The van der Waals surface area contributed by atoms with Gasteiger partial charge in [0.05, 0.1) is 5.57 Å². The van der Waals surface area contributed by atoms with Gasteiger partial charge in [0.1, 0.15) is 6.67 Å². The van der Waals surface area contributed by atoms with Crippen LogP contribution < -0.4 is 5.73 Å². The molecule has 1 aliphatic rings. The fourth-order valence-corrected chi connectivity index (χ4v) is 0.645. The second kappa shape index (κ2) is 2.91. The van der Waals surface area contributed by atoms with E-state index in [0.29, 0.717) is 0 Å². The van der Waals surface area contributed by atoms with E-state index in [1.807, 2.05) is 0 Å². The molecule has 1 aliphatic heterocycles. The Balaban J connectivity index is 2.79. The maximum atomic E-state index is 10.5. The first kappa shape index (κ1) is 7.39. The lowest BCUT2D eigenvalue weighted by Crippen LogP contribution is -2.22. The van der Waals surface area contributed by atoms with Gasteiger partial charge in [0.25, 0.3) is 5.91 Å². The van der Waals surface area contributed by atoms with Gasteiger partial charge in [0, 0.05) is 12.4 Å². The Hall–Kier alpha value is -1.72. The van der Waals surface area contributed by atoms with Crippen LogP contribution in [0.4, 0.5) is 0 Å². The van der Waals surface area contributed by atoms with Crippen LogP contribution in [-0.2, 0) is 4.79 Å². The van der Waals surface area contributed by atoms with Crippen molar-refractivity contribution in [2.45, 2.75) is 0 Å². The number of primary amides is 1. The zero-order valence-corrected chi connectivity index (χ0v) is 5.69. The molecule has 1 heterocycles. The van der Waals surface area contributed by atoms with Crippen LogP contribution >= 0.6 is 0 Å². The average molecular weight is 153 g/mol. The Kier molecular flexibility index (Phi) is 1.95. The van der Waals surface area contributed by atoms with E-state index >= 15 is 0 Å². The Morgan fingerprint density at radius 1 is 1.91 bits per heavy atom. The zero-order valence-electron chi connectivity index (χ0n) is 5.69. The normalized spacial score (nSPS) is 16.0. The predicted molar refractivity (Wildman–Crippen MR) is 37.6 cm³/mol. The zero-order chi connectivity index (χ0) is 8.27. The Morgan fingerprint density at radius 3 is 3.18 bits per heavy atom. The molecule has 0 saturated heterocycles. The van der Waals surface area contributed by atoms with Gasteiger partial charge in [-0.1, -0.05) is 5.22 Å². The van der Waals surface area contributed by atoms with Crippen LogP contribution in [0.3, 0.4) is 0 Å². The molecular weight excluding hydrogens is 146 g/mol.